The fraction of sp³-hybridized carbons (Fsp3) is 0.0952. The number of nitro benzene ring substituents is 1. The van der Waals surface area contributed by atoms with Crippen LogP contribution in [0.1, 0.15) is 17.0 Å². The maximum Gasteiger partial charge on any atom is 0.411 e. The Morgan fingerprint density at radius 2 is 1.59 bits per heavy atom. The van der Waals surface area contributed by atoms with E-state index < -0.39 is 11.0 Å². The van der Waals surface area contributed by atoms with Crippen molar-refractivity contribution in [3.63, 3.8) is 0 Å². The number of non-ortho nitro benzene ring substituents is 1. The summed E-state index contributed by atoms with van der Waals surface area (Å²) in [4.78, 5) is 22.5. The van der Waals surface area contributed by atoms with Gasteiger partial charge in [-0.15, -0.1) is 0 Å². The van der Waals surface area contributed by atoms with E-state index >= 15 is 0 Å². The molecule has 0 heterocycles. The van der Waals surface area contributed by atoms with Crippen molar-refractivity contribution in [2.75, 3.05) is 11.9 Å². The highest BCUT2D eigenvalue weighted by Gasteiger charge is 2.29. The molecule has 0 fully saturated rings. The van der Waals surface area contributed by atoms with Crippen LogP contribution in [-0.2, 0) is 4.74 Å². The molecule has 1 aliphatic rings. The zero-order valence-electron chi connectivity index (χ0n) is 14.3. The number of hydrogen-bond acceptors (Lipinski definition) is 4. The summed E-state index contributed by atoms with van der Waals surface area (Å²) >= 11 is 0. The zero-order chi connectivity index (χ0) is 18.8. The molecule has 0 saturated carbocycles. The van der Waals surface area contributed by atoms with Gasteiger partial charge in [-0.05, 0) is 28.3 Å². The summed E-state index contributed by atoms with van der Waals surface area (Å²) in [5.41, 5.74) is 4.79. The minimum atomic E-state index is -0.641. The molecule has 4 rings (SSSR count). The van der Waals surface area contributed by atoms with Crippen LogP contribution in [0, 0.1) is 10.1 Å². The normalized spacial score (nSPS) is 12.1. The molecule has 0 atom stereocenters. The Hall–Kier alpha value is -3.67. The van der Waals surface area contributed by atoms with Gasteiger partial charge in [-0.1, -0.05) is 54.6 Å². The standard InChI is InChI=1S/C21H16N2O4/c24-21(22-14-6-5-7-15(12-14)23(25)26)27-13-20-18-10-3-1-8-16(18)17-9-2-4-11-19(17)20/h1-12,20H,13H2,(H,22,24). The Morgan fingerprint density at radius 1 is 0.963 bits per heavy atom. The fourth-order valence-corrected chi connectivity index (χ4v) is 3.45. The smallest absolute Gasteiger partial charge is 0.411 e. The second kappa shape index (κ2) is 6.92. The molecule has 1 aliphatic carbocycles. The van der Waals surface area contributed by atoms with Crippen molar-refractivity contribution in [3.8, 4) is 11.1 Å². The van der Waals surface area contributed by atoms with E-state index in [2.05, 4.69) is 17.4 Å². The van der Waals surface area contributed by atoms with Crippen LogP contribution < -0.4 is 5.32 Å². The molecule has 134 valence electrons. The van der Waals surface area contributed by atoms with Gasteiger partial charge in [0.05, 0.1) is 10.6 Å². The fourth-order valence-electron chi connectivity index (χ4n) is 3.45. The summed E-state index contributed by atoms with van der Waals surface area (Å²) in [6.45, 7) is 0.189. The van der Waals surface area contributed by atoms with Crippen LogP contribution in [-0.4, -0.2) is 17.6 Å². The Balaban J connectivity index is 1.48. The van der Waals surface area contributed by atoms with Crippen molar-refractivity contribution in [3.05, 3.63) is 94.0 Å². The van der Waals surface area contributed by atoms with Crippen molar-refractivity contribution < 1.29 is 14.5 Å². The molecule has 0 radical (unpaired) electrons. The third kappa shape index (κ3) is 3.25. The topological polar surface area (TPSA) is 81.5 Å². The molecule has 0 spiro atoms. The number of nitrogens with one attached hydrogen (secondary N) is 1. The van der Waals surface area contributed by atoms with E-state index in [-0.39, 0.29) is 18.2 Å². The van der Waals surface area contributed by atoms with E-state index in [9.17, 15) is 14.9 Å². The zero-order valence-corrected chi connectivity index (χ0v) is 14.3. The first-order chi connectivity index (χ1) is 13.1. The van der Waals surface area contributed by atoms with Crippen molar-refractivity contribution in [2.24, 2.45) is 0 Å². The number of fused-ring (bicyclic) bond motifs is 3. The van der Waals surface area contributed by atoms with E-state index in [1.165, 1.54) is 18.2 Å². The summed E-state index contributed by atoms with van der Waals surface area (Å²) in [5, 5.41) is 13.4. The SMILES string of the molecule is O=C(Nc1cccc([N+](=O)[O-])c1)OCC1c2ccccc2-c2ccccc21. The number of nitro groups is 1. The van der Waals surface area contributed by atoms with Gasteiger partial charge in [-0.25, -0.2) is 4.79 Å². The molecule has 6 heteroatoms. The maximum absolute atomic E-state index is 12.2. The highest BCUT2D eigenvalue weighted by molar-refractivity contribution is 5.85. The number of nitrogens with zero attached hydrogens (tertiary/aromatic N) is 1. The first kappa shape index (κ1) is 16.8. The number of ether oxygens (including phenoxy) is 1. The van der Waals surface area contributed by atoms with E-state index in [0.717, 1.165) is 22.3 Å². The highest BCUT2D eigenvalue weighted by Crippen LogP contribution is 2.44. The highest BCUT2D eigenvalue weighted by atomic mass is 16.6. The first-order valence-electron chi connectivity index (χ1n) is 8.50. The minimum absolute atomic E-state index is 0.0340. The molecule has 1 N–H and O–H groups in total. The summed E-state index contributed by atoms with van der Waals surface area (Å²) in [6.07, 6.45) is -0.641. The first-order valence-corrected chi connectivity index (χ1v) is 8.50. The number of anilines is 1. The molecule has 27 heavy (non-hydrogen) atoms. The molecule has 3 aromatic carbocycles. The van der Waals surface area contributed by atoms with E-state index in [4.69, 9.17) is 4.74 Å². The van der Waals surface area contributed by atoms with Crippen LogP contribution in [0.15, 0.2) is 72.8 Å². The predicted molar refractivity (Wildman–Crippen MR) is 102 cm³/mol. The molecule has 0 unspecified atom stereocenters. The monoisotopic (exact) mass is 360 g/mol. The number of rotatable bonds is 4. The quantitative estimate of drug-likeness (QED) is 0.527. The summed E-state index contributed by atoms with van der Waals surface area (Å²) in [5.74, 6) is -0.0340. The van der Waals surface area contributed by atoms with Crippen LogP contribution in [0.4, 0.5) is 16.2 Å². The van der Waals surface area contributed by atoms with Crippen molar-refractivity contribution in [1.82, 2.24) is 0 Å². The molecular weight excluding hydrogens is 344 g/mol. The third-order valence-corrected chi connectivity index (χ3v) is 4.65. The van der Waals surface area contributed by atoms with Crippen LogP contribution >= 0.6 is 0 Å². The van der Waals surface area contributed by atoms with Gasteiger partial charge < -0.3 is 4.74 Å². The van der Waals surface area contributed by atoms with Gasteiger partial charge in [0.25, 0.3) is 5.69 Å². The molecule has 6 nitrogen and oxygen atoms in total. The van der Waals surface area contributed by atoms with E-state index in [1.54, 1.807) is 6.07 Å². The molecule has 0 bridgehead atoms. The molecule has 3 aromatic rings. The summed E-state index contributed by atoms with van der Waals surface area (Å²) in [7, 11) is 0. The Labute approximate surface area is 155 Å². The minimum Gasteiger partial charge on any atom is -0.448 e. The van der Waals surface area contributed by atoms with Gasteiger partial charge in [0.2, 0.25) is 0 Å². The van der Waals surface area contributed by atoms with Crippen LogP contribution in [0.5, 0.6) is 0 Å². The molecular formula is C21H16N2O4. The predicted octanol–water partition coefficient (Wildman–Crippen LogP) is 4.96. The van der Waals surface area contributed by atoms with Crippen LogP contribution in [0.2, 0.25) is 0 Å². The molecule has 0 aliphatic heterocycles. The lowest BCUT2D eigenvalue weighted by atomic mass is 9.98. The second-order valence-corrected chi connectivity index (χ2v) is 6.26. The summed E-state index contributed by atoms with van der Waals surface area (Å²) in [6, 6.07) is 21.9. The number of carbonyl (C=O) groups is 1. The van der Waals surface area contributed by atoms with Crippen molar-refractivity contribution in [2.45, 2.75) is 5.92 Å². The van der Waals surface area contributed by atoms with E-state index in [1.807, 2.05) is 36.4 Å². The van der Waals surface area contributed by atoms with Gasteiger partial charge in [-0.3, -0.25) is 15.4 Å². The number of carbonyl (C=O) groups excluding carboxylic acids is 1. The van der Waals surface area contributed by atoms with Gasteiger partial charge in [0.15, 0.2) is 0 Å². The third-order valence-electron chi connectivity index (χ3n) is 4.65. The lowest BCUT2D eigenvalue weighted by molar-refractivity contribution is -0.384. The van der Waals surface area contributed by atoms with Crippen LogP contribution in [0.25, 0.3) is 11.1 Å². The largest absolute Gasteiger partial charge is 0.448 e. The Bertz CT molecular complexity index is 986. The lowest BCUT2D eigenvalue weighted by Crippen LogP contribution is -2.17. The van der Waals surface area contributed by atoms with Crippen molar-refractivity contribution in [1.29, 1.82) is 0 Å². The molecule has 0 aromatic heterocycles. The second-order valence-electron chi connectivity index (χ2n) is 6.26. The van der Waals surface area contributed by atoms with E-state index in [0.29, 0.717) is 5.69 Å². The van der Waals surface area contributed by atoms with Crippen molar-refractivity contribution >= 4 is 17.5 Å². The van der Waals surface area contributed by atoms with Gasteiger partial charge in [0, 0.05) is 18.1 Å². The number of benzene rings is 3. The van der Waals surface area contributed by atoms with Gasteiger partial charge in [0.1, 0.15) is 6.61 Å². The lowest BCUT2D eigenvalue weighted by Gasteiger charge is -2.14. The Morgan fingerprint density at radius 3 is 2.22 bits per heavy atom. The number of hydrogen-bond donors (Lipinski definition) is 1. The molecule has 1 amide bonds. The average molecular weight is 360 g/mol. The maximum atomic E-state index is 12.2. The van der Waals surface area contributed by atoms with Gasteiger partial charge >= 0.3 is 6.09 Å². The average Bonchev–Trinajstić information content (AvgIpc) is 3.00. The summed E-state index contributed by atoms with van der Waals surface area (Å²) < 4.78 is 5.42. The van der Waals surface area contributed by atoms with Crippen LogP contribution in [0.3, 0.4) is 0 Å². The number of amides is 1. The van der Waals surface area contributed by atoms with Gasteiger partial charge in [-0.2, -0.15) is 0 Å². The Kier molecular flexibility index (Phi) is 4.30. The molecule has 0 saturated heterocycles.